The van der Waals surface area contributed by atoms with E-state index in [4.69, 9.17) is 0 Å². The molecule has 0 aliphatic rings. The van der Waals surface area contributed by atoms with Crippen LogP contribution in [0.3, 0.4) is 0 Å². The van der Waals surface area contributed by atoms with Crippen LogP contribution in [0.1, 0.15) is 15.9 Å². The van der Waals surface area contributed by atoms with E-state index in [0.717, 1.165) is 16.3 Å². The maximum atomic E-state index is 12.4. The second kappa shape index (κ2) is 9.58. The van der Waals surface area contributed by atoms with Gasteiger partial charge in [0, 0.05) is 30.9 Å². The Labute approximate surface area is 157 Å². The molecule has 132 valence electrons. The zero-order chi connectivity index (χ0) is 18.0. The van der Waals surface area contributed by atoms with Crippen molar-refractivity contribution in [3.63, 3.8) is 0 Å². The summed E-state index contributed by atoms with van der Waals surface area (Å²) in [4.78, 5) is 16.8. The fraction of sp³-hybridized carbons (Fsp3) is 0.150. The molecule has 0 bridgehead atoms. The molecule has 1 amide bonds. The number of benzene rings is 1. The fourth-order valence-electron chi connectivity index (χ4n) is 2.37. The Morgan fingerprint density at radius 2 is 2.00 bits per heavy atom. The molecule has 0 spiro atoms. The Morgan fingerprint density at radius 3 is 2.81 bits per heavy atom. The molecule has 0 fully saturated rings. The molecule has 0 saturated carbocycles. The summed E-state index contributed by atoms with van der Waals surface area (Å²) in [6, 6.07) is 15.6. The highest BCUT2D eigenvalue weighted by Crippen LogP contribution is 2.20. The average molecular weight is 364 g/mol. The van der Waals surface area contributed by atoms with E-state index >= 15 is 0 Å². The van der Waals surface area contributed by atoms with Gasteiger partial charge in [0.05, 0.1) is 12.1 Å². The van der Waals surface area contributed by atoms with Gasteiger partial charge < -0.3 is 5.32 Å². The summed E-state index contributed by atoms with van der Waals surface area (Å²) in [5, 5.41) is 7.78. The smallest absolute Gasteiger partial charge is 0.254 e. The van der Waals surface area contributed by atoms with Crippen LogP contribution in [0, 0.1) is 0 Å². The maximum Gasteiger partial charge on any atom is 0.254 e. The standard InChI is InChI=1S/C20H20N4OS/c25-19(21-13-15-24-14-6-12-23-24)18-10-4-11-22-20(18)26-16-5-9-17-7-2-1-3-8-17/h1-12,14H,13,15-16H2,(H,21,25)/b9-5+. The first-order valence-electron chi connectivity index (χ1n) is 8.38. The zero-order valence-electron chi connectivity index (χ0n) is 14.3. The normalized spacial score (nSPS) is 10.9. The van der Waals surface area contributed by atoms with E-state index in [-0.39, 0.29) is 5.91 Å². The largest absolute Gasteiger partial charge is 0.350 e. The van der Waals surface area contributed by atoms with Gasteiger partial charge in [-0.1, -0.05) is 42.5 Å². The third kappa shape index (κ3) is 5.32. The average Bonchev–Trinajstić information content (AvgIpc) is 3.20. The third-order valence-corrected chi connectivity index (χ3v) is 4.59. The second-order valence-electron chi connectivity index (χ2n) is 5.51. The number of carbonyl (C=O) groups excluding carboxylic acids is 1. The topological polar surface area (TPSA) is 59.8 Å². The van der Waals surface area contributed by atoms with Gasteiger partial charge in [0.2, 0.25) is 0 Å². The lowest BCUT2D eigenvalue weighted by molar-refractivity contribution is 0.0948. The molecule has 5 nitrogen and oxygen atoms in total. The van der Waals surface area contributed by atoms with E-state index in [1.165, 1.54) is 0 Å². The minimum atomic E-state index is -0.111. The quantitative estimate of drug-likeness (QED) is 0.622. The molecule has 3 aromatic rings. The van der Waals surface area contributed by atoms with E-state index in [1.54, 1.807) is 41.0 Å². The lowest BCUT2D eigenvalue weighted by Gasteiger charge is -2.08. The van der Waals surface area contributed by atoms with Crippen molar-refractivity contribution >= 4 is 23.7 Å². The van der Waals surface area contributed by atoms with Crippen molar-refractivity contribution in [1.29, 1.82) is 0 Å². The summed E-state index contributed by atoms with van der Waals surface area (Å²) in [5.41, 5.74) is 1.76. The summed E-state index contributed by atoms with van der Waals surface area (Å²) in [7, 11) is 0. The molecule has 6 heteroatoms. The molecule has 0 radical (unpaired) electrons. The number of thioether (sulfide) groups is 1. The van der Waals surface area contributed by atoms with Crippen LogP contribution in [0.4, 0.5) is 0 Å². The van der Waals surface area contributed by atoms with Crippen molar-refractivity contribution in [3.8, 4) is 0 Å². The van der Waals surface area contributed by atoms with Gasteiger partial charge in [-0.3, -0.25) is 9.48 Å². The number of pyridine rings is 1. The van der Waals surface area contributed by atoms with Crippen LogP contribution >= 0.6 is 11.8 Å². The molecular formula is C20H20N4OS. The van der Waals surface area contributed by atoms with Crippen molar-refractivity contribution in [2.45, 2.75) is 11.6 Å². The highest BCUT2D eigenvalue weighted by atomic mass is 32.2. The first kappa shape index (κ1) is 17.9. The van der Waals surface area contributed by atoms with Crippen LogP contribution in [-0.2, 0) is 6.54 Å². The molecule has 26 heavy (non-hydrogen) atoms. The first-order chi connectivity index (χ1) is 12.8. The molecule has 2 aromatic heterocycles. The summed E-state index contributed by atoms with van der Waals surface area (Å²) < 4.78 is 1.79. The van der Waals surface area contributed by atoms with Gasteiger partial charge in [-0.05, 0) is 23.8 Å². The Balaban J connectivity index is 1.53. The number of aromatic nitrogens is 3. The molecule has 0 atom stereocenters. The van der Waals surface area contributed by atoms with E-state index < -0.39 is 0 Å². The van der Waals surface area contributed by atoms with Crippen molar-refractivity contribution in [2.75, 3.05) is 12.3 Å². The van der Waals surface area contributed by atoms with Gasteiger partial charge in [-0.25, -0.2) is 4.98 Å². The lowest BCUT2D eigenvalue weighted by Crippen LogP contribution is -2.28. The second-order valence-corrected chi connectivity index (χ2v) is 6.51. The minimum absolute atomic E-state index is 0.111. The van der Waals surface area contributed by atoms with Crippen LogP contribution in [0.15, 0.2) is 78.2 Å². The Morgan fingerprint density at radius 1 is 1.12 bits per heavy atom. The van der Waals surface area contributed by atoms with Gasteiger partial charge in [0.1, 0.15) is 5.03 Å². The summed E-state index contributed by atoms with van der Waals surface area (Å²) in [6.07, 6.45) is 9.45. The number of hydrogen-bond donors (Lipinski definition) is 1. The number of amides is 1. The molecule has 0 unspecified atom stereocenters. The van der Waals surface area contributed by atoms with Gasteiger partial charge in [0.15, 0.2) is 0 Å². The zero-order valence-corrected chi connectivity index (χ0v) is 15.1. The summed E-state index contributed by atoms with van der Waals surface area (Å²) >= 11 is 1.55. The molecule has 1 aromatic carbocycles. The van der Waals surface area contributed by atoms with Gasteiger partial charge in [0.25, 0.3) is 5.91 Å². The molecule has 3 rings (SSSR count). The van der Waals surface area contributed by atoms with Crippen molar-refractivity contribution in [2.24, 2.45) is 0 Å². The highest BCUT2D eigenvalue weighted by Gasteiger charge is 2.11. The van der Waals surface area contributed by atoms with E-state index in [9.17, 15) is 4.79 Å². The monoisotopic (exact) mass is 364 g/mol. The van der Waals surface area contributed by atoms with E-state index in [2.05, 4.69) is 39.7 Å². The summed E-state index contributed by atoms with van der Waals surface area (Å²) in [6.45, 7) is 1.16. The highest BCUT2D eigenvalue weighted by molar-refractivity contribution is 7.99. The number of nitrogens with one attached hydrogen (secondary N) is 1. The SMILES string of the molecule is O=C(NCCn1cccn1)c1cccnc1SC/C=C/c1ccccc1. The van der Waals surface area contributed by atoms with E-state index in [0.29, 0.717) is 18.7 Å². The molecule has 2 heterocycles. The first-order valence-corrected chi connectivity index (χ1v) is 9.36. The van der Waals surface area contributed by atoms with Crippen molar-refractivity contribution in [3.05, 3.63) is 84.3 Å². The molecular weight excluding hydrogens is 344 g/mol. The van der Waals surface area contributed by atoms with Gasteiger partial charge in [-0.15, -0.1) is 11.8 Å². The molecule has 1 N–H and O–H groups in total. The molecule has 0 aliphatic carbocycles. The Kier molecular flexibility index (Phi) is 6.61. The van der Waals surface area contributed by atoms with Crippen LogP contribution in [0.2, 0.25) is 0 Å². The van der Waals surface area contributed by atoms with Gasteiger partial charge in [-0.2, -0.15) is 5.10 Å². The molecule has 0 aliphatic heterocycles. The predicted octanol–water partition coefficient (Wildman–Crippen LogP) is 3.51. The number of rotatable bonds is 8. The van der Waals surface area contributed by atoms with Gasteiger partial charge >= 0.3 is 0 Å². The Hall–Kier alpha value is -2.86. The van der Waals surface area contributed by atoms with Crippen LogP contribution in [0.5, 0.6) is 0 Å². The van der Waals surface area contributed by atoms with Crippen LogP contribution in [-0.4, -0.2) is 33.0 Å². The van der Waals surface area contributed by atoms with Crippen molar-refractivity contribution in [1.82, 2.24) is 20.1 Å². The van der Waals surface area contributed by atoms with Crippen molar-refractivity contribution < 1.29 is 4.79 Å². The third-order valence-electron chi connectivity index (χ3n) is 3.63. The fourth-order valence-corrected chi connectivity index (χ4v) is 3.17. The predicted molar refractivity (Wildman–Crippen MR) is 105 cm³/mol. The Bertz CT molecular complexity index is 847. The lowest BCUT2D eigenvalue weighted by atomic mass is 10.2. The van der Waals surface area contributed by atoms with Crippen LogP contribution in [0.25, 0.3) is 6.08 Å². The maximum absolute atomic E-state index is 12.4. The summed E-state index contributed by atoms with van der Waals surface area (Å²) in [5.74, 6) is 0.638. The number of hydrogen-bond acceptors (Lipinski definition) is 4. The number of nitrogens with zero attached hydrogens (tertiary/aromatic N) is 3. The van der Waals surface area contributed by atoms with E-state index in [1.807, 2.05) is 30.5 Å². The molecule has 0 saturated heterocycles. The minimum Gasteiger partial charge on any atom is -0.350 e. The van der Waals surface area contributed by atoms with Crippen LogP contribution < -0.4 is 5.32 Å². The number of carbonyl (C=O) groups is 1.